The predicted octanol–water partition coefficient (Wildman–Crippen LogP) is 5.29. The molecule has 3 rings (SSSR count). The minimum absolute atomic E-state index is 0.166. The number of amides is 1. The van der Waals surface area contributed by atoms with Gasteiger partial charge in [0, 0.05) is 30.4 Å². The van der Waals surface area contributed by atoms with Crippen LogP contribution in [0.25, 0.3) is 10.6 Å². The molecule has 9 heteroatoms. The normalized spacial score (nSPS) is 14.6. The number of allylic oxidation sites excluding steroid dienone is 2. The van der Waals surface area contributed by atoms with Gasteiger partial charge in [-0.2, -0.15) is 13.2 Å². The minimum atomic E-state index is -4.54. The van der Waals surface area contributed by atoms with E-state index in [2.05, 4.69) is 9.97 Å². The van der Waals surface area contributed by atoms with Crippen molar-refractivity contribution in [2.45, 2.75) is 31.8 Å². The first kappa shape index (κ1) is 21.4. The number of rotatable bonds is 1. The molecule has 3 heterocycles. The average Bonchev–Trinajstić information content (AvgIpc) is 2.98. The van der Waals surface area contributed by atoms with Gasteiger partial charge in [-0.15, -0.1) is 23.1 Å². The maximum absolute atomic E-state index is 13.2. The van der Waals surface area contributed by atoms with E-state index >= 15 is 0 Å². The lowest BCUT2D eigenvalue weighted by Crippen LogP contribution is -2.26. The highest BCUT2D eigenvalue weighted by Gasteiger charge is 2.36. The second kappa shape index (κ2) is 8.88. The Balaban J connectivity index is 0.000000596. The van der Waals surface area contributed by atoms with E-state index in [1.54, 1.807) is 18.0 Å². The molecule has 0 radical (unpaired) electrons. The lowest BCUT2D eigenvalue weighted by atomic mass is 10.2. The monoisotopic (exact) mass is 415 g/mol. The number of aromatic nitrogens is 2. The van der Waals surface area contributed by atoms with Crippen LogP contribution in [-0.4, -0.2) is 40.1 Å². The Morgan fingerprint density at radius 2 is 1.93 bits per heavy atom. The van der Waals surface area contributed by atoms with Gasteiger partial charge in [0.1, 0.15) is 16.3 Å². The Bertz CT molecular complexity index is 843. The Labute approximate surface area is 164 Å². The molecule has 0 unspecified atom stereocenters. The van der Waals surface area contributed by atoms with Crippen molar-refractivity contribution in [2.75, 3.05) is 19.3 Å². The van der Waals surface area contributed by atoms with Crippen molar-refractivity contribution in [1.82, 2.24) is 14.9 Å². The van der Waals surface area contributed by atoms with E-state index in [9.17, 15) is 18.0 Å². The van der Waals surface area contributed by atoms with Crippen molar-refractivity contribution in [3.63, 3.8) is 0 Å². The molecule has 27 heavy (non-hydrogen) atoms. The molecule has 1 aliphatic heterocycles. The van der Waals surface area contributed by atoms with Gasteiger partial charge >= 0.3 is 6.18 Å². The van der Waals surface area contributed by atoms with Crippen LogP contribution in [0.2, 0.25) is 0 Å². The molecule has 0 aromatic carbocycles. The molecule has 2 aromatic heterocycles. The molecule has 0 atom stereocenters. The van der Waals surface area contributed by atoms with Gasteiger partial charge in [-0.1, -0.05) is 12.2 Å². The molecule has 0 aliphatic carbocycles. The molecule has 2 aromatic rings. The van der Waals surface area contributed by atoms with Crippen molar-refractivity contribution >= 4 is 29.0 Å². The third kappa shape index (κ3) is 5.10. The van der Waals surface area contributed by atoms with Crippen molar-refractivity contribution in [1.29, 1.82) is 0 Å². The first-order chi connectivity index (χ1) is 12.7. The Kier molecular flexibility index (Phi) is 7.05. The average molecular weight is 416 g/mol. The van der Waals surface area contributed by atoms with Crippen molar-refractivity contribution in [3.05, 3.63) is 40.7 Å². The summed E-state index contributed by atoms with van der Waals surface area (Å²) in [4.78, 5) is 23.0. The van der Waals surface area contributed by atoms with E-state index in [0.29, 0.717) is 26.9 Å². The zero-order valence-corrected chi connectivity index (χ0v) is 17.1. The zero-order chi connectivity index (χ0) is 20.2. The van der Waals surface area contributed by atoms with E-state index in [-0.39, 0.29) is 17.4 Å². The standard InChI is InChI=1S/C14H12F3N3OS2.C4H8/c1-7-18-6-8(14(15,16)17)11(19-7)9-5-10-12(23-9)13(21)20(2)3-4-22-10;1-3-4-2/h5-6H,3-4H2,1-2H3;3-4H,1-2H3/b;4-3-. The number of thiophene rings is 1. The summed E-state index contributed by atoms with van der Waals surface area (Å²) in [5.74, 6) is 0.800. The van der Waals surface area contributed by atoms with Crippen LogP contribution >= 0.6 is 23.1 Å². The largest absolute Gasteiger partial charge is 0.420 e. The number of carbonyl (C=O) groups excluding carboxylic acids is 1. The van der Waals surface area contributed by atoms with E-state index in [1.165, 1.54) is 18.7 Å². The first-order valence-electron chi connectivity index (χ1n) is 8.19. The minimum Gasteiger partial charge on any atom is -0.340 e. The summed E-state index contributed by atoms with van der Waals surface area (Å²) >= 11 is 2.52. The Hall–Kier alpha value is -1.87. The van der Waals surface area contributed by atoms with Crippen LogP contribution in [0.1, 0.15) is 34.9 Å². The lowest BCUT2D eigenvalue weighted by Gasteiger charge is -2.12. The van der Waals surface area contributed by atoms with Crippen LogP contribution in [0.3, 0.4) is 0 Å². The molecular formula is C18H20F3N3OS2. The molecule has 0 spiro atoms. The number of hydrogen-bond donors (Lipinski definition) is 0. The van der Waals surface area contributed by atoms with E-state index in [0.717, 1.165) is 17.5 Å². The van der Waals surface area contributed by atoms with Gasteiger partial charge in [0.2, 0.25) is 0 Å². The molecule has 4 nitrogen and oxygen atoms in total. The van der Waals surface area contributed by atoms with Gasteiger partial charge in [0.15, 0.2) is 0 Å². The number of hydrogen-bond acceptors (Lipinski definition) is 5. The summed E-state index contributed by atoms with van der Waals surface area (Å²) in [6.45, 7) is 6.15. The first-order valence-corrected chi connectivity index (χ1v) is 9.99. The van der Waals surface area contributed by atoms with Gasteiger partial charge in [-0.05, 0) is 26.8 Å². The van der Waals surface area contributed by atoms with E-state index in [4.69, 9.17) is 0 Å². The fourth-order valence-corrected chi connectivity index (χ4v) is 4.61. The van der Waals surface area contributed by atoms with Crippen LogP contribution in [0.15, 0.2) is 29.3 Å². The van der Waals surface area contributed by atoms with Crippen LogP contribution < -0.4 is 0 Å². The number of thioether (sulfide) groups is 1. The summed E-state index contributed by atoms with van der Waals surface area (Å²) in [7, 11) is 1.69. The number of nitrogens with zero attached hydrogens (tertiary/aromatic N) is 3. The molecule has 0 saturated carbocycles. The molecule has 0 fully saturated rings. The fourth-order valence-electron chi connectivity index (χ4n) is 2.18. The number of fused-ring (bicyclic) bond motifs is 1. The van der Waals surface area contributed by atoms with Gasteiger partial charge in [-0.3, -0.25) is 4.79 Å². The van der Waals surface area contributed by atoms with Crippen LogP contribution in [-0.2, 0) is 6.18 Å². The number of carbonyl (C=O) groups is 1. The molecule has 0 saturated heterocycles. The smallest absolute Gasteiger partial charge is 0.340 e. The maximum Gasteiger partial charge on any atom is 0.420 e. The quantitative estimate of drug-likeness (QED) is 0.594. The third-order valence-electron chi connectivity index (χ3n) is 3.70. The molecule has 1 amide bonds. The summed E-state index contributed by atoms with van der Waals surface area (Å²) in [6, 6.07) is 1.62. The second-order valence-corrected chi connectivity index (χ2v) is 7.91. The third-order valence-corrected chi connectivity index (χ3v) is 5.98. The SMILES string of the molecule is C/C=C\C.Cc1ncc(C(F)(F)F)c(-c2cc3c(s2)C(=O)N(C)CCS3)n1. The molecule has 146 valence electrons. The van der Waals surface area contributed by atoms with Crippen molar-refractivity contribution in [3.8, 4) is 10.6 Å². The summed E-state index contributed by atoms with van der Waals surface area (Å²) in [6.07, 6.45) is 0.252. The Morgan fingerprint density at radius 1 is 1.26 bits per heavy atom. The number of halogens is 3. The topological polar surface area (TPSA) is 46.1 Å². The highest BCUT2D eigenvalue weighted by Crippen LogP contribution is 2.42. The number of aryl methyl sites for hydroxylation is 1. The van der Waals surface area contributed by atoms with Gasteiger partial charge in [0.25, 0.3) is 5.91 Å². The van der Waals surface area contributed by atoms with E-state index in [1.807, 2.05) is 26.0 Å². The summed E-state index contributed by atoms with van der Waals surface area (Å²) in [5, 5.41) is 0. The van der Waals surface area contributed by atoms with E-state index < -0.39 is 11.7 Å². The summed E-state index contributed by atoms with van der Waals surface area (Å²) in [5.41, 5.74) is -1.05. The molecule has 0 N–H and O–H groups in total. The zero-order valence-electron chi connectivity index (χ0n) is 15.4. The molecule has 1 aliphatic rings. The second-order valence-electron chi connectivity index (χ2n) is 5.72. The van der Waals surface area contributed by atoms with Crippen molar-refractivity contribution < 1.29 is 18.0 Å². The van der Waals surface area contributed by atoms with Gasteiger partial charge in [-0.25, -0.2) is 9.97 Å². The van der Waals surface area contributed by atoms with Crippen LogP contribution in [0.5, 0.6) is 0 Å². The maximum atomic E-state index is 13.2. The highest BCUT2D eigenvalue weighted by atomic mass is 32.2. The highest BCUT2D eigenvalue weighted by molar-refractivity contribution is 7.99. The molecular weight excluding hydrogens is 395 g/mol. The number of alkyl halides is 3. The predicted molar refractivity (Wildman–Crippen MR) is 103 cm³/mol. The van der Waals surface area contributed by atoms with Gasteiger partial charge in [0.05, 0.1) is 10.6 Å². The molecule has 0 bridgehead atoms. The Morgan fingerprint density at radius 3 is 2.52 bits per heavy atom. The van der Waals surface area contributed by atoms with Crippen LogP contribution in [0, 0.1) is 6.92 Å². The lowest BCUT2D eigenvalue weighted by molar-refractivity contribution is -0.137. The fraction of sp³-hybridized carbons (Fsp3) is 0.389. The van der Waals surface area contributed by atoms with Gasteiger partial charge < -0.3 is 4.90 Å². The van der Waals surface area contributed by atoms with Crippen LogP contribution in [0.4, 0.5) is 13.2 Å². The van der Waals surface area contributed by atoms with Crippen molar-refractivity contribution in [2.24, 2.45) is 0 Å². The summed E-state index contributed by atoms with van der Waals surface area (Å²) < 4.78 is 39.6.